The molecule has 15 heteroatoms. The molecule has 0 bridgehead atoms. The lowest BCUT2D eigenvalue weighted by Gasteiger charge is -2.46. The van der Waals surface area contributed by atoms with Crippen molar-refractivity contribution in [1.29, 1.82) is 0 Å². The van der Waals surface area contributed by atoms with Crippen molar-refractivity contribution in [3.05, 3.63) is 76.7 Å². The number of carbonyl (C=O) groups is 3. The van der Waals surface area contributed by atoms with Gasteiger partial charge in [-0.3, -0.25) is 29.5 Å². The van der Waals surface area contributed by atoms with E-state index in [1.807, 2.05) is 48.5 Å². The Hall–Kier alpha value is -5.15. The van der Waals surface area contributed by atoms with Gasteiger partial charge in [-0.25, -0.2) is 18.7 Å². The Morgan fingerprint density at radius 2 is 1.79 bits per heavy atom. The number of carbonyl (C=O) groups excluding carboxylic acids is 3. The largest absolute Gasteiger partial charge is 0.489 e. The first-order valence-corrected chi connectivity index (χ1v) is 20.8. The molecule has 4 atom stereocenters. The summed E-state index contributed by atoms with van der Waals surface area (Å²) < 4.78 is 34.0. The highest BCUT2D eigenvalue weighted by molar-refractivity contribution is 6.06. The van der Waals surface area contributed by atoms with Crippen LogP contribution in [0.4, 0.5) is 20.4 Å². The van der Waals surface area contributed by atoms with Crippen LogP contribution < -0.4 is 19.9 Å². The van der Waals surface area contributed by atoms with Gasteiger partial charge >= 0.3 is 0 Å². The van der Waals surface area contributed by atoms with Crippen LogP contribution in [0.25, 0.3) is 10.9 Å². The van der Waals surface area contributed by atoms with Crippen LogP contribution in [0.2, 0.25) is 0 Å². The minimum Gasteiger partial charge on any atom is -0.489 e. The maximum Gasteiger partial charge on any atom is 0.255 e. The lowest BCUT2D eigenvalue weighted by molar-refractivity contribution is -0.136. The minimum atomic E-state index is -2.45. The number of amides is 3. The number of rotatable bonds is 8. The summed E-state index contributed by atoms with van der Waals surface area (Å²) in [6.45, 7) is 8.13. The van der Waals surface area contributed by atoms with Gasteiger partial charge in [0, 0.05) is 91.8 Å². The number of fused-ring (bicyclic) bond motifs is 7. The van der Waals surface area contributed by atoms with Gasteiger partial charge in [0.15, 0.2) is 0 Å². The van der Waals surface area contributed by atoms with Crippen molar-refractivity contribution < 1.29 is 27.9 Å². The van der Waals surface area contributed by atoms with Crippen LogP contribution in [0.3, 0.4) is 0 Å². The Morgan fingerprint density at radius 1 is 0.983 bits per heavy atom. The van der Waals surface area contributed by atoms with E-state index in [1.165, 1.54) is 5.56 Å². The number of alkyl halides is 2. The summed E-state index contributed by atoms with van der Waals surface area (Å²) in [6, 6.07) is 11.2. The van der Waals surface area contributed by atoms with Crippen LogP contribution >= 0.6 is 0 Å². The van der Waals surface area contributed by atoms with E-state index in [4.69, 9.17) is 14.7 Å². The van der Waals surface area contributed by atoms with Crippen molar-refractivity contribution >= 4 is 40.3 Å². The van der Waals surface area contributed by atoms with Crippen molar-refractivity contribution in [3.8, 4) is 5.75 Å². The number of piperazine rings is 1. The number of imide groups is 1. The van der Waals surface area contributed by atoms with Crippen molar-refractivity contribution in [1.82, 2.24) is 35.0 Å². The number of benzene rings is 2. The Bertz CT molecular complexity index is 2240. The zero-order chi connectivity index (χ0) is 39.7. The lowest BCUT2D eigenvalue weighted by Crippen LogP contribution is -2.57. The second-order valence-electron chi connectivity index (χ2n) is 17.0. The topological polar surface area (TPSA) is 130 Å². The highest BCUT2D eigenvalue weighted by Gasteiger charge is 2.42. The van der Waals surface area contributed by atoms with Crippen molar-refractivity contribution in [2.75, 3.05) is 62.2 Å². The number of nitrogens with zero attached hydrogens (tertiary/aromatic N) is 7. The Labute approximate surface area is 335 Å². The highest BCUT2D eigenvalue weighted by Crippen LogP contribution is 2.43. The van der Waals surface area contributed by atoms with Gasteiger partial charge in [0.05, 0.1) is 24.3 Å². The normalized spacial score (nSPS) is 25.4. The number of H-pyrrole nitrogens is 1. The highest BCUT2D eigenvalue weighted by atomic mass is 19.3. The Morgan fingerprint density at radius 3 is 2.59 bits per heavy atom. The molecule has 10 rings (SSSR count). The average molecular weight is 794 g/mol. The zero-order valence-electron chi connectivity index (χ0n) is 32.7. The third kappa shape index (κ3) is 6.65. The molecule has 3 saturated heterocycles. The summed E-state index contributed by atoms with van der Waals surface area (Å²) in [5.74, 6) is 1.13. The van der Waals surface area contributed by atoms with Gasteiger partial charge in [-0.2, -0.15) is 0 Å². The number of ether oxygens (including phenoxy) is 1. The molecule has 0 aliphatic carbocycles. The van der Waals surface area contributed by atoms with Crippen LogP contribution in [0, 0.1) is 5.92 Å². The fourth-order valence-electron chi connectivity index (χ4n) is 10.4. The van der Waals surface area contributed by atoms with Gasteiger partial charge in [-0.05, 0) is 80.8 Å². The molecule has 0 radical (unpaired) electrons. The summed E-state index contributed by atoms with van der Waals surface area (Å²) in [6.07, 6.45) is 5.74. The van der Waals surface area contributed by atoms with Gasteiger partial charge in [0.25, 0.3) is 12.3 Å². The van der Waals surface area contributed by atoms with Crippen LogP contribution in [0.1, 0.15) is 77.8 Å². The van der Waals surface area contributed by atoms with E-state index in [2.05, 4.69) is 37.1 Å². The number of nitrogens with one attached hydrogen (secondary N) is 2. The molecule has 3 fully saturated rings. The van der Waals surface area contributed by atoms with Crippen molar-refractivity contribution in [3.63, 3.8) is 0 Å². The molecule has 58 heavy (non-hydrogen) atoms. The monoisotopic (exact) mass is 793 g/mol. The van der Waals surface area contributed by atoms with E-state index >= 15 is 0 Å². The predicted octanol–water partition coefficient (Wildman–Crippen LogP) is 4.51. The number of piperidine rings is 2. The maximum atomic E-state index is 13.9. The number of halogens is 2. The zero-order valence-corrected chi connectivity index (χ0v) is 32.7. The summed E-state index contributed by atoms with van der Waals surface area (Å²) in [7, 11) is 0. The summed E-state index contributed by atoms with van der Waals surface area (Å²) in [5.41, 5.74) is 6.47. The molecule has 0 spiro atoms. The molecule has 304 valence electrons. The van der Waals surface area contributed by atoms with Gasteiger partial charge in [-0.1, -0.05) is 18.2 Å². The summed E-state index contributed by atoms with van der Waals surface area (Å²) in [4.78, 5) is 61.5. The molecule has 6 aliphatic heterocycles. The summed E-state index contributed by atoms with van der Waals surface area (Å²) in [5, 5.41) is 3.52. The first-order valence-electron chi connectivity index (χ1n) is 20.8. The number of hydrogen-bond donors (Lipinski definition) is 2. The van der Waals surface area contributed by atoms with E-state index < -0.39 is 18.4 Å². The van der Waals surface area contributed by atoms with E-state index in [1.54, 1.807) is 4.90 Å². The lowest BCUT2D eigenvalue weighted by atomic mass is 9.89. The second-order valence-corrected chi connectivity index (χ2v) is 17.0. The van der Waals surface area contributed by atoms with Crippen LogP contribution in [0.15, 0.2) is 48.8 Å². The number of anilines is 2. The molecule has 1 unspecified atom stereocenters. The van der Waals surface area contributed by atoms with Crippen LogP contribution in [-0.4, -0.2) is 124 Å². The molecule has 13 nitrogen and oxygen atoms in total. The molecule has 2 N–H and O–H groups in total. The van der Waals surface area contributed by atoms with Crippen molar-refractivity contribution in [2.45, 2.75) is 82.6 Å². The van der Waals surface area contributed by atoms with Gasteiger partial charge in [-0.15, -0.1) is 0 Å². The van der Waals surface area contributed by atoms with E-state index in [9.17, 15) is 23.2 Å². The minimum absolute atomic E-state index is 0.0588. The van der Waals surface area contributed by atoms with Crippen LogP contribution in [0.5, 0.6) is 5.75 Å². The summed E-state index contributed by atoms with van der Waals surface area (Å²) >= 11 is 0. The fourth-order valence-corrected chi connectivity index (χ4v) is 10.4. The molecule has 8 heterocycles. The molecular formula is C43H49F2N9O4. The standard InChI is InChI=1S/C43H49F2N9O4/c1-25-16-32-30-4-2-3-5-33(30)48-39(32)40(53(25)23-37(44)45)28-19-46-43(47-20-28)51-12-9-26(10-13-51)8-11-50-14-15-52-29(22-50)24-58-36-18-31-27(17-35(36)52)21-54(42(31)57)34-6-7-38(55)49-41(34)56/h2-5,17-20,25-26,29,34,37,40,48H,6-16,21-24H2,1H3,(H,49,55,56)/t25-,29+,34?,40-/m1/s1. The molecule has 4 aromatic rings. The number of hydrogen-bond acceptors (Lipinski definition) is 10. The molecule has 6 aliphatic rings. The molecule has 3 amide bonds. The predicted molar refractivity (Wildman–Crippen MR) is 213 cm³/mol. The first kappa shape index (κ1) is 37.1. The van der Waals surface area contributed by atoms with Gasteiger partial charge < -0.3 is 24.4 Å². The average Bonchev–Trinajstić information content (AvgIpc) is 3.75. The van der Waals surface area contributed by atoms with Gasteiger partial charge in [0.1, 0.15) is 18.4 Å². The number of para-hydroxylation sites is 1. The second kappa shape index (κ2) is 14.9. The fraction of sp³-hybridized carbons (Fsp3) is 0.512. The smallest absolute Gasteiger partial charge is 0.255 e. The maximum absolute atomic E-state index is 13.9. The SMILES string of the molecule is C[C@@H]1Cc2c([nH]c3ccccc23)[C@@H](c2cnc(N3CCC(CCN4CCN5c6cc7c(cc6OC[C@@H]5C4)C(=O)N(C4CCC(=O)NC4=O)C7)CC3)nc2)N1CC(F)F. The van der Waals surface area contributed by atoms with E-state index in [0.29, 0.717) is 49.2 Å². The van der Waals surface area contributed by atoms with Crippen LogP contribution in [-0.2, 0) is 22.6 Å². The Kier molecular flexibility index (Phi) is 9.54. The number of aromatic nitrogens is 3. The van der Waals surface area contributed by atoms with E-state index in [0.717, 1.165) is 91.9 Å². The third-order valence-electron chi connectivity index (χ3n) is 13.5. The quantitative estimate of drug-likeness (QED) is 0.246. The first-order chi connectivity index (χ1) is 28.2. The van der Waals surface area contributed by atoms with Crippen molar-refractivity contribution in [2.24, 2.45) is 5.92 Å². The van der Waals surface area contributed by atoms with Gasteiger partial charge in [0.2, 0.25) is 17.8 Å². The molecule has 0 saturated carbocycles. The molecule has 2 aromatic heterocycles. The third-order valence-corrected chi connectivity index (χ3v) is 13.5. The molecular weight excluding hydrogens is 745 g/mol. The molecule has 2 aromatic carbocycles. The number of aromatic amines is 1. The van der Waals surface area contributed by atoms with E-state index in [-0.39, 0.29) is 42.9 Å². The Balaban J connectivity index is 0.737.